The summed E-state index contributed by atoms with van der Waals surface area (Å²) in [6.07, 6.45) is 2.18. The third-order valence-electron chi connectivity index (χ3n) is 4.24. The normalized spacial score (nSPS) is 18.8. The number of benzene rings is 1. The van der Waals surface area contributed by atoms with Crippen molar-refractivity contribution >= 4 is 11.7 Å². The number of carboxylic acid groups (broad SMARTS) is 1. The summed E-state index contributed by atoms with van der Waals surface area (Å²) in [5, 5.41) is 9.69. The number of hydrogen-bond acceptors (Lipinski definition) is 2. The van der Waals surface area contributed by atoms with Gasteiger partial charge in [-0.25, -0.2) is 4.79 Å². The highest BCUT2D eigenvalue weighted by molar-refractivity contribution is 5.85. The SMILES string of the molecule is CCC(CC)(C(=O)O)N1c2ccccc2CC1C. The summed E-state index contributed by atoms with van der Waals surface area (Å²) in [7, 11) is 0. The molecular formula is C15H21NO2. The Morgan fingerprint density at radius 1 is 1.39 bits per heavy atom. The van der Waals surface area contributed by atoms with Gasteiger partial charge in [0, 0.05) is 11.7 Å². The molecule has 3 heteroatoms. The van der Waals surface area contributed by atoms with Crippen molar-refractivity contribution in [2.75, 3.05) is 4.90 Å². The van der Waals surface area contributed by atoms with Crippen molar-refractivity contribution in [2.45, 2.75) is 51.6 Å². The summed E-state index contributed by atoms with van der Waals surface area (Å²) in [6.45, 7) is 6.04. The number of rotatable bonds is 4. The zero-order chi connectivity index (χ0) is 13.3. The zero-order valence-electron chi connectivity index (χ0n) is 11.3. The maximum atomic E-state index is 11.8. The summed E-state index contributed by atoms with van der Waals surface area (Å²) in [5.41, 5.74) is 1.58. The maximum absolute atomic E-state index is 11.8. The van der Waals surface area contributed by atoms with Crippen LogP contribution in [0, 0.1) is 0 Å². The van der Waals surface area contributed by atoms with E-state index in [1.165, 1.54) is 5.56 Å². The molecule has 0 spiro atoms. The fraction of sp³-hybridized carbons (Fsp3) is 0.533. The first-order chi connectivity index (χ1) is 8.56. The second-order valence-electron chi connectivity index (χ2n) is 5.10. The van der Waals surface area contributed by atoms with Crippen LogP contribution in [0.1, 0.15) is 39.2 Å². The summed E-state index contributed by atoms with van der Waals surface area (Å²) in [5.74, 6) is -0.712. The van der Waals surface area contributed by atoms with Gasteiger partial charge in [0.1, 0.15) is 5.54 Å². The van der Waals surface area contributed by atoms with Crippen molar-refractivity contribution in [3.63, 3.8) is 0 Å². The number of carboxylic acids is 1. The number of para-hydroxylation sites is 1. The fourth-order valence-electron chi connectivity index (χ4n) is 3.21. The summed E-state index contributed by atoms with van der Waals surface area (Å²) < 4.78 is 0. The summed E-state index contributed by atoms with van der Waals surface area (Å²) in [6, 6.07) is 8.40. The van der Waals surface area contributed by atoms with E-state index in [-0.39, 0.29) is 6.04 Å². The van der Waals surface area contributed by atoms with Crippen LogP contribution in [0.25, 0.3) is 0 Å². The van der Waals surface area contributed by atoms with Crippen molar-refractivity contribution in [1.82, 2.24) is 0 Å². The lowest BCUT2D eigenvalue weighted by Gasteiger charge is -2.42. The van der Waals surface area contributed by atoms with Crippen LogP contribution >= 0.6 is 0 Å². The first kappa shape index (κ1) is 12.9. The zero-order valence-corrected chi connectivity index (χ0v) is 11.3. The maximum Gasteiger partial charge on any atom is 0.329 e. The molecule has 1 aliphatic heterocycles. The summed E-state index contributed by atoms with van der Waals surface area (Å²) in [4.78, 5) is 13.9. The second-order valence-corrected chi connectivity index (χ2v) is 5.10. The average Bonchev–Trinajstić information content (AvgIpc) is 2.69. The molecule has 1 N–H and O–H groups in total. The van der Waals surface area contributed by atoms with Gasteiger partial charge in [0.2, 0.25) is 0 Å². The Morgan fingerprint density at radius 2 is 2.00 bits per heavy atom. The molecule has 0 amide bonds. The number of hydrogen-bond donors (Lipinski definition) is 1. The predicted molar refractivity (Wildman–Crippen MR) is 73.0 cm³/mol. The monoisotopic (exact) mass is 247 g/mol. The smallest absolute Gasteiger partial charge is 0.329 e. The Labute approximate surface area is 108 Å². The van der Waals surface area contributed by atoms with Crippen LogP contribution in [-0.2, 0) is 11.2 Å². The van der Waals surface area contributed by atoms with Gasteiger partial charge in [0.05, 0.1) is 0 Å². The van der Waals surface area contributed by atoms with E-state index in [2.05, 4.69) is 17.9 Å². The van der Waals surface area contributed by atoms with Gasteiger partial charge in [-0.15, -0.1) is 0 Å². The Hall–Kier alpha value is -1.51. The molecular weight excluding hydrogens is 226 g/mol. The molecule has 0 bridgehead atoms. The van der Waals surface area contributed by atoms with E-state index in [1.54, 1.807) is 0 Å². The Morgan fingerprint density at radius 3 is 2.56 bits per heavy atom. The van der Waals surface area contributed by atoms with Crippen LogP contribution in [-0.4, -0.2) is 22.7 Å². The quantitative estimate of drug-likeness (QED) is 0.889. The minimum absolute atomic E-state index is 0.249. The molecule has 98 valence electrons. The molecule has 2 rings (SSSR count). The minimum Gasteiger partial charge on any atom is -0.479 e. The van der Waals surface area contributed by atoms with Gasteiger partial charge < -0.3 is 10.0 Å². The van der Waals surface area contributed by atoms with Gasteiger partial charge in [-0.2, -0.15) is 0 Å². The molecule has 0 radical (unpaired) electrons. The van der Waals surface area contributed by atoms with Crippen LogP contribution in [0.15, 0.2) is 24.3 Å². The first-order valence-electron chi connectivity index (χ1n) is 6.67. The molecule has 0 aliphatic carbocycles. The van der Waals surface area contributed by atoms with Crippen molar-refractivity contribution in [3.8, 4) is 0 Å². The molecule has 1 atom stereocenters. The predicted octanol–water partition coefficient (Wildman–Crippen LogP) is 3.08. The van der Waals surface area contributed by atoms with E-state index in [1.807, 2.05) is 32.0 Å². The number of anilines is 1. The van der Waals surface area contributed by atoms with Gasteiger partial charge in [0.15, 0.2) is 0 Å². The molecule has 3 nitrogen and oxygen atoms in total. The average molecular weight is 247 g/mol. The standard InChI is InChI=1S/C15H21NO2/c1-4-15(5-2,14(17)18)16-11(3)10-12-8-6-7-9-13(12)16/h6-9,11H,4-5,10H2,1-3H3,(H,17,18). The molecule has 1 heterocycles. The summed E-state index contributed by atoms with van der Waals surface area (Å²) >= 11 is 0. The van der Waals surface area contributed by atoms with Crippen molar-refractivity contribution in [1.29, 1.82) is 0 Å². The largest absolute Gasteiger partial charge is 0.479 e. The van der Waals surface area contributed by atoms with E-state index in [4.69, 9.17) is 0 Å². The minimum atomic E-state index is -0.772. The molecule has 18 heavy (non-hydrogen) atoms. The van der Waals surface area contributed by atoms with Gasteiger partial charge in [-0.3, -0.25) is 0 Å². The van der Waals surface area contributed by atoms with Gasteiger partial charge >= 0.3 is 5.97 Å². The van der Waals surface area contributed by atoms with E-state index in [9.17, 15) is 9.90 Å². The van der Waals surface area contributed by atoms with E-state index < -0.39 is 11.5 Å². The molecule has 1 aromatic carbocycles. The van der Waals surface area contributed by atoms with E-state index in [0.717, 1.165) is 12.1 Å². The van der Waals surface area contributed by atoms with E-state index in [0.29, 0.717) is 12.8 Å². The van der Waals surface area contributed by atoms with Crippen molar-refractivity contribution < 1.29 is 9.90 Å². The van der Waals surface area contributed by atoms with Crippen LogP contribution < -0.4 is 4.90 Å². The van der Waals surface area contributed by atoms with Gasteiger partial charge in [-0.05, 0) is 37.8 Å². The molecule has 0 aromatic heterocycles. The lowest BCUT2D eigenvalue weighted by molar-refractivity contribution is -0.144. The first-order valence-corrected chi connectivity index (χ1v) is 6.67. The number of nitrogens with zero attached hydrogens (tertiary/aromatic N) is 1. The van der Waals surface area contributed by atoms with Gasteiger partial charge in [-0.1, -0.05) is 32.0 Å². The molecule has 0 saturated carbocycles. The fourth-order valence-corrected chi connectivity index (χ4v) is 3.21. The van der Waals surface area contributed by atoms with Gasteiger partial charge in [0.25, 0.3) is 0 Å². The van der Waals surface area contributed by atoms with Crippen LogP contribution in [0.3, 0.4) is 0 Å². The Balaban J connectivity index is 2.52. The van der Waals surface area contributed by atoms with Crippen molar-refractivity contribution in [3.05, 3.63) is 29.8 Å². The molecule has 0 fully saturated rings. The topological polar surface area (TPSA) is 40.5 Å². The lowest BCUT2D eigenvalue weighted by atomic mass is 9.89. The van der Waals surface area contributed by atoms with Crippen LogP contribution in [0.5, 0.6) is 0 Å². The Bertz CT molecular complexity index is 452. The second kappa shape index (κ2) is 4.63. The Kier molecular flexibility index (Phi) is 3.33. The highest BCUT2D eigenvalue weighted by Crippen LogP contribution is 2.40. The number of fused-ring (bicyclic) bond motifs is 1. The highest BCUT2D eigenvalue weighted by atomic mass is 16.4. The van der Waals surface area contributed by atoms with Crippen molar-refractivity contribution in [2.24, 2.45) is 0 Å². The molecule has 0 saturated heterocycles. The van der Waals surface area contributed by atoms with E-state index >= 15 is 0 Å². The third-order valence-corrected chi connectivity index (χ3v) is 4.24. The molecule has 1 aliphatic rings. The lowest BCUT2D eigenvalue weighted by Crippen LogP contribution is -2.56. The highest BCUT2D eigenvalue weighted by Gasteiger charge is 2.46. The van der Waals surface area contributed by atoms with Crippen LogP contribution in [0.2, 0.25) is 0 Å². The number of aliphatic carboxylic acids is 1. The molecule has 1 aromatic rings. The number of carbonyl (C=O) groups is 1. The van der Waals surface area contributed by atoms with Crippen LogP contribution in [0.4, 0.5) is 5.69 Å². The molecule has 1 unspecified atom stereocenters. The third kappa shape index (κ3) is 1.69.